The highest BCUT2D eigenvalue weighted by Crippen LogP contribution is 2.24. The fourth-order valence-corrected chi connectivity index (χ4v) is 3.44. The number of halogens is 2. The quantitative estimate of drug-likeness (QED) is 0.399. The number of benzene rings is 3. The summed E-state index contributed by atoms with van der Waals surface area (Å²) in [6, 6.07) is 16.8. The minimum Gasteiger partial charge on any atom is -0.322 e. The Morgan fingerprint density at radius 1 is 0.967 bits per heavy atom. The van der Waals surface area contributed by atoms with Gasteiger partial charge in [-0.25, -0.2) is 0 Å². The van der Waals surface area contributed by atoms with E-state index in [4.69, 9.17) is 23.2 Å². The zero-order valence-corrected chi connectivity index (χ0v) is 17.9. The van der Waals surface area contributed by atoms with Gasteiger partial charge in [-0.1, -0.05) is 47.0 Å². The van der Waals surface area contributed by atoms with Crippen LogP contribution in [0.3, 0.4) is 0 Å². The van der Waals surface area contributed by atoms with E-state index < -0.39 is 0 Å². The van der Waals surface area contributed by atoms with Gasteiger partial charge < -0.3 is 5.32 Å². The van der Waals surface area contributed by atoms with E-state index in [0.717, 1.165) is 16.8 Å². The van der Waals surface area contributed by atoms with Gasteiger partial charge in [0.25, 0.3) is 0 Å². The molecule has 0 saturated carbocycles. The van der Waals surface area contributed by atoms with Crippen LogP contribution in [0.5, 0.6) is 0 Å². The molecule has 4 rings (SSSR count). The van der Waals surface area contributed by atoms with Gasteiger partial charge in [-0.2, -0.15) is 4.80 Å². The first-order valence-corrected chi connectivity index (χ1v) is 10.0. The van der Waals surface area contributed by atoms with Gasteiger partial charge in [0.15, 0.2) is 0 Å². The minimum atomic E-state index is -0.269. The molecule has 0 radical (unpaired) electrons. The van der Waals surface area contributed by atoms with E-state index in [2.05, 4.69) is 15.5 Å². The molecule has 4 aromatic rings. The predicted octanol–water partition coefficient (Wildman–Crippen LogP) is 6.00. The second-order valence-electron chi connectivity index (χ2n) is 6.97. The van der Waals surface area contributed by atoms with E-state index in [-0.39, 0.29) is 5.91 Å². The topological polar surface area (TPSA) is 59.8 Å². The summed E-state index contributed by atoms with van der Waals surface area (Å²) in [7, 11) is 0. The average molecular weight is 437 g/mol. The Kier molecular flexibility index (Phi) is 5.57. The van der Waals surface area contributed by atoms with Crippen molar-refractivity contribution in [2.24, 2.45) is 0 Å². The normalized spacial score (nSPS) is 11.3. The van der Waals surface area contributed by atoms with E-state index in [1.165, 1.54) is 11.6 Å². The van der Waals surface area contributed by atoms with Crippen LogP contribution in [0.2, 0.25) is 10.0 Å². The van der Waals surface area contributed by atoms with Gasteiger partial charge in [0.2, 0.25) is 5.91 Å². The van der Waals surface area contributed by atoms with Crippen molar-refractivity contribution in [2.75, 3.05) is 5.32 Å². The van der Waals surface area contributed by atoms with Crippen LogP contribution in [0.25, 0.3) is 22.8 Å². The fraction of sp³-hybridized carbons (Fsp3) is 0.0870. The van der Waals surface area contributed by atoms with E-state index in [1.54, 1.807) is 29.1 Å². The van der Waals surface area contributed by atoms with Crippen molar-refractivity contribution < 1.29 is 4.79 Å². The second-order valence-corrected chi connectivity index (χ2v) is 7.81. The summed E-state index contributed by atoms with van der Waals surface area (Å²) in [4.78, 5) is 14.0. The third-order valence-corrected chi connectivity index (χ3v) is 5.19. The van der Waals surface area contributed by atoms with Crippen LogP contribution < -0.4 is 5.32 Å². The smallest absolute Gasteiger partial charge is 0.248 e. The maximum Gasteiger partial charge on any atom is 0.248 e. The van der Waals surface area contributed by atoms with E-state index in [0.29, 0.717) is 26.8 Å². The molecule has 1 N–H and O–H groups in total. The zero-order valence-electron chi connectivity index (χ0n) is 16.4. The van der Waals surface area contributed by atoms with E-state index >= 15 is 0 Å². The van der Waals surface area contributed by atoms with Gasteiger partial charge in [-0.05, 0) is 67.4 Å². The van der Waals surface area contributed by atoms with Gasteiger partial charge in [-0.15, -0.1) is 10.2 Å². The van der Waals surface area contributed by atoms with E-state index in [9.17, 15) is 4.79 Å². The first kappa shape index (κ1) is 20.1. The molecule has 5 nitrogen and oxygen atoms in total. The number of hydrogen-bond acceptors (Lipinski definition) is 3. The molecule has 0 aliphatic carbocycles. The lowest BCUT2D eigenvalue weighted by Gasteiger charge is -2.06. The standard InChI is InChI=1S/C23H18Cl2N4O/c1-14-3-8-18(9-4-14)29-27-21-11-15(2)20(13-22(21)28-29)26-23(30)10-6-16-5-7-17(24)12-19(16)25/h3-13H,1-2H3,(H,26,30)/b10-6-. The van der Waals surface area contributed by atoms with Gasteiger partial charge in [-0.3, -0.25) is 4.79 Å². The maximum atomic E-state index is 12.4. The largest absolute Gasteiger partial charge is 0.322 e. The molecule has 0 bridgehead atoms. The second kappa shape index (κ2) is 8.30. The van der Waals surface area contributed by atoms with Crippen molar-refractivity contribution in [1.29, 1.82) is 0 Å². The number of carbonyl (C=O) groups excluding carboxylic acids is 1. The summed E-state index contributed by atoms with van der Waals surface area (Å²) in [5.74, 6) is -0.269. The number of aryl methyl sites for hydroxylation is 2. The predicted molar refractivity (Wildman–Crippen MR) is 122 cm³/mol. The lowest BCUT2D eigenvalue weighted by atomic mass is 10.1. The zero-order chi connectivity index (χ0) is 21.3. The van der Waals surface area contributed by atoms with Crippen molar-refractivity contribution in [1.82, 2.24) is 15.0 Å². The van der Waals surface area contributed by atoms with Crippen molar-refractivity contribution >= 4 is 51.9 Å². The summed E-state index contributed by atoms with van der Waals surface area (Å²) in [6.45, 7) is 3.95. The molecule has 150 valence electrons. The third kappa shape index (κ3) is 4.37. The highest BCUT2D eigenvalue weighted by molar-refractivity contribution is 6.35. The molecule has 0 aliphatic heterocycles. The molecule has 1 aromatic heterocycles. The summed E-state index contributed by atoms with van der Waals surface area (Å²) < 4.78 is 0. The van der Waals surface area contributed by atoms with Crippen LogP contribution in [-0.2, 0) is 4.79 Å². The summed E-state index contributed by atoms with van der Waals surface area (Å²) >= 11 is 12.0. The first-order valence-electron chi connectivity index (χ1n) is 9.28. The van der Waals surface area contributed by atoms with Crippen molar-refractivity contribution in [3.63, 3.8) is 0 Å². The molecule has 0 spiro atoms. The number of anilines is 1. The SMILES string of the molecule is Cc1ccc(-n2nc3cc(C)c(NC(=O)/C=C\c4ccc(Cl)cc4Cl)cc3n2)cc1. The molecule has 7 heteroatoms. The van der Waals surface area contributed by atoms with Crippen LogP contribution in [0, 0.1) is 13.8 Å². The number of carbonyl (C=O) groups is 1. The van der Waals surface area contributed by atoms with Crippen LogP contribution in [0.4, 0.5) is 5.69 Å². The average Bonchev–Trinajstić information content (AvgIpc) is 3.10. The van der Waals surface area contributed by atoms with Gasteiger partial charge in [0, 0.05) is 21.8 Å². The molecule has 0 atom stereocenters. The Morgan fingerprint density at radius 2 is 1.67 bits per heavy atom. The van der Waals surface area contributed by atoms with Gasteiger partial charge in [0.05, 0.1) is 5.69 Å². The Bertz CT molecular complexity index is 1280. The Hall–Kier alpha value is -3.15. The molecule has 3 aromatic carbocycles. The minimum absolute atomic E-state index is 0.269. The van der Waals surface area contributed by atoms with Crippen molar-refractivity contribution in [2.45, 2.75) is 13.8 Å². The van der Waals surface area contributed by atoms with Crippen molar-refractivity contribution in [3.8, 4) is 5.69 Å². The highest BCUT2D eigenvalue weighted by atomic mass is 35.5. The lowest BCUT2D eigenvalue weighted by molar-refractivity contribution is -0.111. The molecule has 1 amide bonds. The number of hydrogen-bond donors (Lipinski definition) is 1. The number of amides is 1. The number of rotatable bonds is 4. The number of nitrogens with one attached hydrogen (secondary N) is 1. The highest BCUT2D eigenvalue weighted by Gasteiger charge is 2.10. The first-order chi connectivity index (χ1) is 14.4. The van der Waals surface area contributed by atoms with Crippen LogP contribution in [-0.4, -0.2) is 20.9 Å². The Labute approximate surface area is 183 Å². The Balaban J connectivity index is 1.56. The van der Waals surface area contributed by atoms with Crippen LogP contribution in [0.15, 0.2) is 60.7 Å². The molecule has 0 fully saturated rings. The fourth-order valence-electron chi connectivity index (χ4n) is 2.97. The summed E-state index contributed by atoms with van der Waals surface area (Å²) in [5.41, 5.74) is 5.78. The van der Waals surface area contributed by atoms with Gasteiger partial charge >= 0.3 is 0 Å². The molecule has 0 aliphatic rings. The maximum absolute atomic E-state index is 12.4. The number of aromatic nitrogens is 3. The van der Waals surface area contributed by atoms with E-state index in [1.807, 2.05) is 50.2 Å². The summed E-state index contributed by atoms with van der Waals surface area (Å²) in [6.07, 6.45) is 3.08. The lowest BCUT2D eigenvalue weighted by Crippen LogP contribution is -2.09. The summed E-state index contributed by atoms with van der Waals surface area (Å²) in [5, 5.41) is 13.0. The Morgan fingerprint density at radius 3 is 2.37 bits per heavy atom. The molecule has 0 unspecified atom stereocenters. The van der Waals surface area contributed by atoms with Gasteiger partial charge in [0.1, 0.15) is 11.0 Å². The molecule has 0 saturated heterocycles. The monoisotopic (exact) mass is 436 g/mol. The molecule has 30 heavy (non-hydrogen) atoms. The number of nitrogens with zero attached hydrogens (tertiary/aromatic N) is 3. The molecular formula is C23H18Cl2N4O. The third-order valence-electron chi connectivity index (χ3n) is 4.63. The molecular weight excluding hydrogens is 419 g/mol. The molecule has 1 heterocycles. The van der Waals surface area contributed by atoms with Crippen LogP contribution >= 0.6 is 23.2 Å². The van der Waals surface area contributed by atoms with Crippen molar-refractivity contribution in [3.05, 3.63) is 87.4 Å². The van der Waals surface area contributed by atoms with Crippen LogP contribution in [0.1, 0.15) is 16.7 Å². The number of fused-ring (bicyclic) bond motifs is 1.